The van der Waals surface area contributed by atoms with Crippen molar-refractivity contribution in [1.82, 2.24) is 43.7 Å². The number of rotatable bonds is 10. The Balaban J connectivity index is 0.746. The minimum absolute atomic E-state index is 0.0719. The van der Waals surface area contributed by atoms with Crippen molar-refractivity contribution in [2.24, 2.45) is 13.0 Å². The summed E-state index contributed by atoms with van der Waals surface area (Å²) in [5, 5.41) is 13.4. The number of aromatic nitrogens is 7. The van der Waals surface area contributed by atoms with Crippen LogP contribution in [0.5, 0.6) is 0 Å². The molecule has 1 unspecified atom stereocenters. The molecule has 330 valence electrons. The summed E-state index contributed by atoms with van der Waals surface area (Å²) in [5.41, 5.74) is 0.754. The van der Waals surface area contributed by atoms with E-state index in [0.29, 0.717) is 73.4 Å². The smallest absolute Gasteiger partial charge is 0.329 e. The SMILES string of the molecule is [2H]C1([2H])CN(CC2CCC(n3cc(NC(=O)c4cnn5ccc(N6C[C@H]7C[C@@H]6CO7)nc45)c(C(F)F)n3)CC2)CC([2H])([2H])C1OCC#Cc1cccc2c1n(C)c(=O)n2C1CCC(=O)NC1=O. The number of carbonyl (C=O) groups excluding carboxylic acids is 3. The van der Waals surface area contributed by atoms with Gasteiger partial charge in [0.15, 0.2) is 11.3 Å². The van der Waals surface area contributed by atoms with E-state index in [0.717, 1.165) is 6.42 Å². The van der Waals surface area contributed by atoms with Crippen molar-refractivity contribution in [3.63, 3.8) is 0 Å². The molecule has 2 bridgehead atoms. The number of morpholine rings is 1. The van der Waals surface area contributed by atoms with Crippen LogP contribution in [0.25, 0.3) is 16.7 Å². The highest BCUT2D eigenvalue weighted by atomic mass is 19.3. The molecule has 5 aromatic rings. The first kappa shape index (κ1) is 36.5. The number of hydrogen-bond donors (Lipinski definition) is 2. The topological polar surface area (TPSA) is 175 Å². The fraction of sp³-hybridized carbons (Fsp3) is 0.523. The summed E-state index contributed by atoms with van der Waals surface area (Å²) in [6.45, 7) is 1.32. The number of nitrogens with zero attached hydrogens (tertiary/aromatic N) is 9. The number of nitrogens with one attached hydrogen (secondary N) is 2. The van der Waals surface area contributed by atoms with E-state index in [2.05, 4.69) is 37.6 Å². The van der Waals surface area contributed by atoms with Crippen LogP contribution in [0.3, 0.4) is 0 Å². The Hall–Kier alpha value is -5.97. The molecule has 3 atom stereocenters. The van der Waals surface area contributed by atoms with Crippen LogP contribution < -0.4 is 21.2 Å². The molecule has 8 heterocycles. The van der Waals surface area contributed by atoms with Crippen molar-refractivity contribution in [2.45, 2.75) is 94.5 Å². The first-order valence-electron chi connectivity index (χ1n) is 23.3. The fourth-order valence-corrected chi connectivity index (χ4v) is 9.68. The summed E-state index contributed by atoms with van der Waals surface area (Å²) in [7, 11) is 1.56. The maximum absolute atomic E-state index is 14.4. The van der Waals surface area contributed by atoms with Gasteiger partial charge in [-0.3, -0.25) is 33.5 Å². The molecular weight excluding hydrogens is 817 g/mol. The third kappa shape index (κ3) is 8.00. The molecule has 1 saturated carbocycles. The van der Waals surface area contributed by atoms with E-state index in [1.807, 2.05) is 6.07 Å². The highest BCUT2D eigenvalue weighted by Gasteiger charge is 2.40. The first-order valence-corrected chi connectivity index (χ1v) is 21.3. The lowest BCUT2D eigenvalue weighted by Crippen LogP contribution is -2.44. The van der Waals surface area contributed by atoms with Gasteiger partial charge < -0.3 is 24.6 Å². The van der Waals surface area contributed by atoms with Crippen LogP contribution in [0.2, 0.25) is 0 Å². The van der Waals surface area contributed by atoms with E-state index in [1.165, 1.54) is 30.7 Å². The Labute approximate surface area is 366 Å². The van der Waals surface area contributed by atoms with Crippen molar-refractivity contribution >= 4 is 45.9 Å². The van der Waals surface area contributed by atoms with Crippen LogP contribution in [0.15, 0.2) is 47.7 Å². The Bertz CT molecular complexity index is 2880. The molecule has 2 N–H and O–H groups in total. The molecular formula is C44H49F2N11O6. The lowest BCUT2D eigenvalue weighted by molar-refractivity contribution is -0.135. The second-order valence-corrected chi connectivity index (χ2v) is 16.9. The lowest BCUT2D eigenvalue weighted by atomic mass is 9.85. The van der Waals surface area contributed by atoms with E-state index in [4.69, 9.17) is 19.9 Å². The number of benzene rings is 1. The van der Waals surface area contributed by atoms with Gasteiger partial charge in [-0.05, 0) is 75.4 Å². The standard InChI is InChI=1S/C44H49F2N11O6/c1-52-39-27(4-2-6-34(39)57(44(52)61)35-11-12-37(58)50-43(35)60)5-3-19-62-30-13-16-53(17-14-30)22-26-7-9-28(10-8-26)56-24-33(38(51-56)40(45)46)48-42(59)32-21-47-55-18-15-36(49-41(32)55)54-23-31-20-29(54)25-63-31/h2,4,6,15,18,21,24,26,28-31,35,40H,7-14,16-17,19-20,22-23,25H2,1H3,(H,48,59)(H,50,58,60)/t26?,28?,29-,31-,35?/m1/s1/i13D2,14D2. The molecule has 0 radical (unpaired) electrons. The lowest BCUT2D eigenvalue weighted by Gasteiger charge is -2.36. The van der Waals surface area contributed by atoms with E-state index in [1.54, 1.807) is 36.3 Å². The van der Waals surface area contributed by atoms with Gasteiger partial charge in [-0.2, -0.15) is 10.2 Å². The van der Waals surface area contributed by atoms with Crippen LogP contribution in [0, 0.1) is 17.8 Å². The number of amides is 3. The van der Waals surface area contributed by atoms with E-state index < -0.39 is 60.4 Å². The number of ether oxygens (including phenoxy) is 2. The van der Waals surface area contributed by atoms with Crippen molar-refractivity contribution in [1.29, 1.82) is 0 Å². The molecule has 4 saturated heterocycles. The molecule has 10 rings (SSSR count). The van der Waals surface area contributed by atoms with Gasteiger partial charge in [-0.25, -0.2) is 23.1 Å². The number of imide groups is 1. The Morgan fingerprint density at radius 1 is 1.11 bits per heavy atom. The molecule has 0 spiro atoms. The second-order valence-electron chi connectivity index (χ2n) is 16.9. The fourth-order valence-electron chi connectivity index (χ4n) is 9.68. The molecule has 63 heavy (non-hydrogen) atoms. The second kappa shape index (κ2) is 17.0. The van der Waals surface area contributed by atoms with Crippen molar-refractivity contribution < 1.29 is 38.1 Å². The largest absolute Gasteiger partial charge is 0.374 e. The number of anilines is 2. The highest BCUT2D eigenvalue weighted by Crippen LogP contribution is 2.36. The quantitative estimate of drug-likeness (QED) is 0.154. The Morgan fingerprint density at radius 2 is 1.94 bits per heavy atom. The molecule has 17 nitrogen and oxygen atoms in total. The summed E-state index contributed by atoms with van der Waals surface area (Å²) in [5.74, 6) is 5.04. The van der Waals surface area contributed by atoms with Crippen LogP contribution in [-0.2, 0) is 26.1 Å². The number of halogens is 2. The number of alkyl halides is 2. The average Bonchev–Trinajstić information content (AvgIpc) is 4.13. The van der Waals surface area contributed by atoms with Gasteiger partial charge in [0.05, 0.1) is 59.4 Å². The Morgan fingerprint density at radius 3 is 2.68 bits per heavy atom. The number of imidazole rings is 1. The normalized spacial score (nSPS) is 26.9. The maximum Gasteiger partial charge on any atom is 0.329 e. The summed E-state index contributed by atoms with van der Waals surface area (Å²) >= 11 is 0. The molecule has 1 aliphatic carbocycles. The zero-order chi connectivity index (χ0) is 46.9. The number of fused-ring (bicyclic) bond motifs is 4. The first-order chi connectivity index (χ1) is 32.0. The van der Waals surface area contributed by atoms with Gasteiger partial charge in [0.25, 0.3) is 12.3 Å². The summed E-state index contributed by atoms with van der Waals surface area (Å²) < 4.78 is 81.4. The van der Waals surface area contributed by atoms with Crippen molar-refractivity contribution in [3.8, 4) is 11.8 Å². The summed E-state index contributed by atoms with van der Waals surface area (Å²) in [6.07, 6.45) is -0.122. The van der Waals surface area contributed by atoms with Gasteiger partial charge in [0.1, 0.15) is 24.0 Å². The minimum atomic E-state index is -2.95. The van der Waals surface area contributed by atoms with Gasteiger partial charge in [-0.1, -0.05) is 17.9 Å². The summed E-state index contributed by atoms with van der Waals surface area (Å²) in [4.78, 5) is 59.9. The van der Waals surface area contributed by atoms with Gasteiger partial charge >= 0.3 is 5.69 Å². The molecule has 1 aromatic carbocycles. The molecule has 4 aromatic heterocycles. The van der Waals surface area contributed by atoms with Gasteiger partial charge in [0.2, 0.25) is 11.8 Å². The third-order valence-electron chi connectivity index (χ3n) is 12.9. The molecule has 19 heteroatoms. The predicted octanol–water partition coefficient (Wildman–Crippen LogP) is 3.99. The van der Waals surface area contributed by atoms with E-state index in [-0.39, 0.29) is 67.9 Å². The molecule has 5 aliphatic rings. The predicted molar refractivity (Wildman–Crippen MR) is 226 cm³/mol. The minimum Gasteiger partial charge on any atom is -0.374 e. The zero-order valence-corrected chi connectivity index (χ0v) is 34.5. The number of piperidine rings is 2. The van der Waals surface area contributed by atoms with Crippen LogP contribution in [0.4, 0.5) is 20.3 Å². The number of likely N-dealkylation sites (tertiary alicyclic amines) is 1. The monoisotopic (exact) mass is 869 g/mol. The van der Waals surface area contributed by atoms with Crippen molar-refractivity contribution in [2.75, 3.05) is 49.6 Å². The zero-order valence-electron chi connectivity index (χ0n) is 38.5. The Kier molecular flexibility index (Phi) is 9.83. The van der Waals surface area contributed by atoms with Crippen molar-refractivity contribution in [3.05, 3.63) is 70.2 Å². The molecule has 3 amide bonds. The van der Waals surface area contributed by atoms with Gasteiger partial charge in [0, 0.05) is 57.5 Å². The average molecular weight is 870 g/mol. The molecule has 4 aliphatic heterocycles. The summed E-state index contributed by atoms with van der Waals surface area (Å²) in [6, 6.07) is 6.05. The van der Waals surface area contributed by atoms with E-state index in [9.17, 15) is 28.0 Å². The van der Waals surface area contributed by atoms with Crippen LogP contribution in [-0.4, -0.2) is 114 Å². The highest BCUT2D eigenvalue weighted by molar-refractivity contribution is 6.08. The molecule has 5 fully saturated rings. The third-order valence-corrected chi connectivity index (χ3v) is 12.9. The van der Waals surface area contributed by atoms with E-state index >= 15 is 0 Å². The van der Waals surface area contributed by atoms with Crippen LogP contribution in [0.1, 0.15) is 103 Å². The van der Waals surface area contributed by atoms with Gasteiger partial charge in [-0.15, -0.1) is 0 Å². The maximum atomic E-state index is 14.4. The number of aryl methyl sites for hydroxylation is 1. The van der Waals surface area contributed by atoms with Crippen LogP contribution >= 0.6 is 0 Å². The number of hydrogen-bond acceptors (Lipinski definition) is 11. The number of carbonyl (C=O) groups is 3. The number of para-hydroxylation sites is 1.